The van der Waals surface area contributed by atoms with Crippen LogP contribution in [0.2, 0.25) is 0 Å². The smallest absolute Gasteiger partial charge is 0.259 e. The largest absolute Gasteiger partial charge is 0.354 e. The van der Waals surface area contributed by atoms with Gasteiger partial charge in [-0.05, 0) is 50.1 Å². The Morgan fingerprint density at radius 1 is 1.15 bits per heavy atom. The van der Waals surface area contributed by atoms with Gasteiger partial charge in [0.25, 0.3) is 5.56 Å². The van der Waals surface area contributed by atoms with Gasteiger partial charge in [-0.1, -0.05) is 18.2 Å². The van der Waals surface area contributed by atoms with Crippen molar-refractivity contribution < 1.29 is 9.69 Å². The number of quaternary nitrogens is 1. The minimum atomic E-state index is -0.0928. The number of rotatable bonds is 6. The third-order valence-electron chi connectivity index (χ3n) is 5.37. The standard InChI is InChI=1S/C21H29N3O2/c1-17-15-18-9-4-5-10-19(18)21(26)24(17)16-20(25)22-11-8-14-23-12-6-2-3-7-13-23/h4-5,9-10,15H,2-3,6-8,11-14,16H2,1H3,(H,22,25)/p+1. The van der Waals surface area contributed by atoms with Crippen LogP contribution in [0.25, 0.3) is 10.8 Å². The number of aryl methyl sites for hydroxylation is 1. The molecule has 3 rings (SSSR count). The van der Waals surface area contributed by atoms with E-state index in [-0.39, 0.29) is 18.0 Å². The van der Waals surface area contributed by atoms with Crippen molar-refractivity contribution in [1.82, 2.24) is 9.88 Å². The zero-order valence-electron chi connectivity index (χ0n) is 15.7. The SMILES string of the molecule is Cc1cc2ccccc2c(=O)n1CC(=O)NCCC[NH+]1CCCCCC1. The maximum atomic E-state index is 12.6. The number of carbonyl (C=O) groups is 1. The van der Waals surface area contributed by atoms with Crippen LogP contribution >= 0.6 is 0 Å². The average Bonchev–Trinajstić information content (AvgIpc) is 2.91. The number of benzene rings is 1. The number of pyridine rings is 1. The third-order valence-corrected chi connectivity index (χ3v) is 5.37. The van der Waals surface area contributed by atoms with E-state index in [2.05, 4.69) is 5.32 Å². The quantitative estimate of drug-likeness (QED) is 0.766. The zero-order valence-corrected chi connectivity index (χ0v) is 15.7. The predicted octanol–water partition coefficient (Wildman–Crippen LogP) is 1.28. The Bertz CT molecular complexity index is 804. The van der Waals surface area contributed by atoms with Gasteiger partial charge < -0.3 is 14.8 Å². The molecule has 1 aromatic heterocycles. The second-order valence-electron chi connectivity index (χ2n) is 7.38. The van der Waals surface area contributed by atoms with E-state index in [9.17, 15) is 9.59 Å². The van der Waals surface area contributed by atoms with E-state index in [1.54, 1.807) is 9.47 Å². The summed E-state index contributed by atoms with van der Waals surface area (Å²) in [7, 11) is 0. The highest BCUT2D eigenvalue weighted by Gasteiger charge is 2.13. The van der Waals surface area contributed by atoms with Gasteiger partial charge in [-0.3, -0.25) is 9.59 Å². The lowest BCUT2D eigenvalue weighted by Crippen LogP contribution is -3.11. The summed E-state index contributed by atoms with van der Waals surface area (Å²) in [6.45, 7) is 6.30. The van der Waals surface area contributed by atoms with E-state index in [0.717, 1.165) is 24.0 Å². The molecule has 0 aliphatic carbocycles. The molecule has 5 nitrogen and oxygen atoms in total. The van der Waals surface area contributed by atoms with Crippen LogP contribution in [0.15, 0.2) is 35.1 Å². The van der Waals surface area contributed by atoms with Crippen molar-refractivity contribution in [3.05, 3.63) is 46.4 Å². The summed E-state index contributed by atoms with van der Waals surface area (Å²) in [5, 5.41) is 4.56. The molecule has 1 fully saturated rings. The molecular weight excluding hydrogens is 326 g/mol. The van der Waals surface area contributed by atoms with Crippen LogP contribution in [-0.2, 0) is 11.3 Å². The molecule has 1 aromatic carbocycles. The number of nitrogens with zero attached hydrogens (tertiary/aromatic N) is 1. The van der Waals surface area contributed by atoms with Crippen molar-refractivity contribution in [2.24, 2.45) is 0 Å². The summed E-state index contributed by atoms with van der Waals surface area (Å²) < 4.78 is 1.57. The molecular formula is C21H30N3O2+. The number of hydrogen-bond acceptors (Lipinski definition) is 2. The summed E-state index contributed by atoms with van der Waals surface area (Å²) in [5.74, 6) is -0.0867. The van der Waals surface area contributed by atoms with E-state index in [4.69, 9.17) is 0 Å². The molecule has 1 aliphatic heterocycles. The van der Waals surface area contributed by atoms with Gasteiger partial charge in [-0.2, -0.15) is 0 Å². The lowest BCUT2D eigenvalue weighted by molar-refractivity contribution is -0.899. The monoisotopic (exact) mass is 356 g/mol. The molecule has 26 heavy (non-hydrogen) atoms. The normalized spacial score (nSPS) is 15.7. The van der Waals surface area contributed by atoms with Gasteiger partial charge in [0, 0.05) is 24.0 Å². The average molecular weight is 356 g/mol. The summed E-state index contributed by atoms with van der Waals surface area (Å²) in [6, 6.07) is 9.49. The molecule has 1 aliphatic rings. The van der Waals surface area contributed by atoms with Crippen LogP contribution in [0.5, 0.6) is 0 Å². The molecule has 0 spiro atoms. The van der Waals surface area contributed by atoms with Gasteiger partial charge in [-0.15, -0.1) is 0 Å². The van der Waals surface area contributed by atoms with Crippen molar-refractivity contribution in [2.75, 3.05) is 26.2 Å². The minimum Gasteiger partial charge on any atom is -0.354 e. The maximum Gasteiger partial charge on any atom is 0.259 e. The van der Waals surface area contributed by atoms with Crippen molar-refractivity contribution in [2.45, 2.75) is 45.6 Å². The molecule has 1 amide bonds. The highest BCUT2D eigenvalue weighted by atomic mass is 16.2. The molecule has 1 saturated heterocycles. The Balaban J connectivity index is 1.52. The predicted molar refractivity (Wildman–Crippen MR) is 105 cm³/mol. The van der Waals surface area contributed by atoms with Crippen molar-refractivity contribution in [3.63, 3.8) is 0 Å². The Labute approximate surface area is 155 Å². The first kappa shape index (κ1) is 18.6. The first-order valence-corrected chi connectivity index (χ1v) is 9.84. The summed E-state index contributed by atoms with van der Waals surface area (Å²) in [4.78, 5) is 26.6. The second-order valence-corrected chi connectivity index (χ2v) is 7.38. The molecule has 5 heteroatoms. The van der Waals surface area contributed by atoms with E-state index in [1.165, 1.54) is 38.8 Å². The molecule has 0 atom stereocenters. The summed E-state index contributed by atoms with van der Waals surface area (Å²) >= 11 is 0. The number of aromatic nitrogens is 1. The van der Waals surface area contributed by atoms with E-state index in [1.807, 2.05) is 37.3 Å². The number of fused-ring (bicyclic) bond motifs is 1. The third kappa shape index (κ3) is 4.73. The van der Waals surface area contributed by atoms with Gasteiger partial charge in [0.1, 0.15) is 6.54 Å². The Hall–Kier alpha value is -2.14. The highest BCUT2D eigenvalue weighted by molar-refractivity contribution is 5.82. The lowest BCUT2D eigenvalue weighted by Gasteiger charge is -2.17. The van der Waals surface area contributed by atoms with Crippen LogP contribution in [-0.4, -0.2) is 36.7 Å². The Kier molecular flexibility index (Phi) is 6.45. The van der Waals surface area contributed by atoms with Crippen LogP contribution < -0.4 is 15.8 Å². The summed E-state index contributed by atoms with van der Waals surface area (Å²) in [6.07, 6.45) is 6.37. The van der Waals surface area contributed by atoms with E-state index in [0.29, 0.717) is 11.9 Å². The molecule has 140 valence electrons. The number of carbonyl (C=O) groups excluding carboxylic acids is 1. The fourth-order valence-electron chi connectivity index (χ4n) is 3.87. The summed E-state index contributed by atoms with van der Waals surface area (Å²) in [5.41, 5.74) is 0.725. The number of likely N-dealkylation sites (tertiary alicyclic amines) is 1. The fourth-order valence-corrected chi connectivity index (χ4v) is 3.87. The molecule has 0 bridgehead atoms. The molecule has 0 unspecified atom stereocenters. The zero-order chi connectivity index (χ0) is 18.4. The van der Waals surface area contributed by atoms with Gasteiger partial charge >= 0.3 is 0 Å². The van der Waals surface area contributed by atoms with Crippen LogP contribution in [0.3, 0.4) is 0 Å². The van der Waals surface area contributed by atoms with Crippen molar-refractivity contribution in [1.29, 1.82) is 0 Å². The van der Waals surface area contributed by atoms with Gasteiger partial charge in [-0.25, -0.2) is 0 Å². The second kappa shape index (κ2) is 8.99. The Morgan fingerprint density at radius 3 is 2.65 bits per heavy atom. The van der Waals surface area contributed by atoms with Crippen LogP contribution in [0.4, 0.5) is 0 Å². The molecule has 0 radical (unpaired) electrons. The maximum absolute atomic E-state index is 12.6. The van der Waals surface area contributed by atoms with Crippen molar-refractivity contribution in [3.8, 4) is 0 Å². The van der Waals surface area contributed by atoms with Gasteiger partial charge in [0.2, 0.25) is 5.91 Å². The first-order valence-electron chi connectivity index (χ1n) is 9.84. The van der Waals surface area contributed by atoms with Crippen molar-refractivity contribution >= 4 is 16.7 Å². The van der Waals surface area contributed by atoms with E-state index < -0.39 is 0 Å². The number of nitrogens with one attached hydrogen (secondary N) is 2. The van der Waals surface area contributed by atoms with Gasteiger partial charge in [0.15, 0.2) is 0 Å². The molecule has 0 saturated carbocycles. The fraction of sp³-hybridized carbons (Fsp3) is 0.524. The Morgan fingerprint density at radius 2 is 1.88 bits per heavy atom. The van der Waals surface area contributed by atoms with Gasteiger partial charge in [0.05, 0.1) is 19.6 Å². The first-order chi connectivity index (χ1) is 12.6. The number of hydrogen-bond donors (Lipinski definition) is 2. The molecule has 2 N–H and O–H groups in total. The highest BCUT2D eigenvalue weighted by Crippen LogP contribution is 2.11. The molecule has 2 heterocycles. The number of amides is 1. The minimum absolute atomic E-state index is 0.0867. The topological polar surface area (TPSA) is 55.5 Å². The van der Waals surface area contributed by atoms with E-state index >= 15 is 0 Å². The molecule has 2 aromatic rings. The van der Waals surface area contributed by atoms with Crippen LogP contribution in [0, 0.1) is 6.92 Å². The lowest BCUT2D eigenvalue weighted by atomic mass is 10.1. The van der Waals surface area contributed by atoms with Crippen LogP contribution in [0.1, 0.15) is 37.8 Å².